The summed E-state index contributed by atoms with van der Waals surface area (Å²) in [5, 5.41) is 13.9. The molecule has 3 aromatic heterocycles. The van der Waals surface area contributed by atoms with Crippen molar-refractivity contribution < 1.29 is 4.42 Å². The number of hydrogen-bond acceptors (Lipinski definition) is 6. The van der Waals surface area contributed by atoms with Gasteiger partial charge in [-0.2, -0.15) is 0 Å². The lowest BCUT2D eigenvalue weighted by Gasteiger charge is -2.41. The Hall–Kier alpha value is -3.26. The van der Waals surface area contributed by atoms with Crippen molar-refractivity contribution in [1.82, 2.24) is 30.1 Å². The molecule has 0 spiro atoms. The van der Waals surface area contributed by atoms with E-state index in [4.69, 9.17) is 4.42 Å². The second-order valence-electron chi connectivity index (χ2n) is 10.6. The average Bonchev–Trinajstić information content (AvgIpc) is 3.53. The van der Waals surface area contributed by atoms with Crippen LogP contribution in [0.2, 0.25) is 0 Å². The SMILES string of the molecule is Cc1cc(C)c2[nH]c(=O)c(CN(C3CCCCC3)[C@@H](c3nnnn3Cc3ccco3)C(C)C)cc2c1. The van der Waals surface area contributed by atoms with Crippen LogP contribution in [0.15, 0.2) is 45.8 Å². The number of hydrogen-bond donors (Lipinski definition) is 1. The smallest absolute Gasteiger partial charge is 0.252 e. The molecule has 0 radical (unpaired) electrons. The van der Waals surface area contributed by atoms with Gasteiger partial charge in [0.2, 0.25) is 0 Å². The number of H-pyrrole nitrogens is 1. The number of aromatic nitrogens is 5. The highest BCUT2D eigenvalue weighted by atomic mass is 16.3. The third-order valence-electron chi connectivity index (χ3n) is 7.47. The van der Waals surface area contributed by atoms with Gasteiger partial charge >= 0.3 is 0 Å². The number of fused-ring (bicyclic) bond motifs is 1. The van der Waals surface area contributed by atoms with Crippen LogP contribution in [0, 0.1) is 19.8 Å². The van der Waals surface area contributed by atoms with Crippen molar-refractivity contribution in [3.8, 4) is 0 Å². The largest absolute Gasteiger partial charge is 0.467 e. The Morgan fingerprint density at radius 3 is 2.69 bits per heavy atom. The van der Waals surface area contributed by atoms with Crippen molar-refractivity contribution in [2.45, 2.75) is 85.0 Å². The molecule has 0 aliphatic heterocycles. The van der Waals surface area contributed by atoms with E-state index in [2.05, 4.69) is 64.4 Å². The number of furan rings is 1. The fraction of sp³-hybridized carbons (Fsp3) is 0.500. The summed E-state index contributed by atoms with van der Waals surface area (Å²) in [5.74, 6) is 1.88. The van der Waals surface area contributed by atoms with E-state index >= 15 is 0 Å². The lowest BCUT2D eigenvalue weighted by atomic mass is 9.90. The van der Waals surface area contributed by atoms with E-state index in [9.17, 15) is 4.79 Å². The maximum Gasteiger partial charge on any atom is 0.252 e. The number of tetrazole rings is 1. The summed E-state index contributed by atoms with van der Waals surface area (Å²) < 4.78 is 7.42. The number of rotatable bonds is 8. The molecule has 1 aromatic carbocycles. The lowest BCUT2D eigenvalue weighted by Crippen LogP contribution is -2.43. The normalized spacial score (nSPS) is 15.8. The molecule has 8 heteroatoms. The number of benzene rings is 1. The molecule has 5 rings (SSSR count). The zero-order valence-corrected chi connectivity index (χ0v) is 21.7. The molecule has 0 bridgehead atoms. The second kappa shape index (κ2) is 10.4. The Kier molecular flexibility index (Phi) is 7.05. The Morgan fingerprint density at radius 2 is 1.97 bits per heavy atom. The molecule has 1 fully saturated rings. The van der Waals surface area contributed by atoms with Gasteiger partial charge in [-0.15, -0.1) is 5.10 Å². The molecule has 3 heterocycles. The number of pyridine rings is 1. The van der Waals surface area contributed by atoms with Crippen LogP contribution in [0.4, 0.5) is 0 Å². The molecule has 1 atom stereocenters. The Labute approximate surface area is 211 Å². The van der Waals surface area contributed by atoms with Crippen LogP contribution in [0.5, 0.6) is 0 Å². The minimum Gasteiger partial charge on any atom is -0.467 e. The van der Waals surface area contributed by atoms with E-state index in [0.29, 0.717) is 19.1 Å². The summed E-state index contributed by atoms with van der Waals surface area (Å²) >= 11 is 0. The first-order valence-electron chi connectivity index (χ1n) is 13.1. The third-order valence-corrected chi connectivity index (χ3v) is 7.47. The number of nitrogens with zero attached hydrogens (tertiary/aromatic N) is 5. The highest BCUT2D eigenvalue weighted by Gasteiger charge is 2.35. The zero-order valence-electron chi connectivity index (χ0n) is 21.7. The van der Waals surface area contributed by atoms with E-state index in [-0.39, 0.29) is 17.5 Å². The molecule has 8 nitrogen and oxygen atoms in total. The fourth-order valence-corrected chi connectivity index (χ4v) is 5.83. The van der Waals surface area contributed by atoms with E-state index < -0.39 is 0 Å². The molecule has 0 unspecified atom stereocenters. The standard InChI is InChI=1S/C28H36N6O2/c1-18(2)26(27-30-31-32-34(27)17-24-11-8-12-36-24)33(23-9-6-5-7-10-23)16-22-15-21-14-19(3)13-20(4)25(21)29-28(22)35/h8,11-15,18,23,26H,5-7,9-10,16-17H2,1-4H3,(H,29,35)/t26-/m1/s1. The maximum absolute atomic E-state index is 13.3. The summed E-state index contributed by atoms with van der Waals surface area (Å²) in [6.45, 7) is 9.60. The van der Waals surface area contributed by atoms with E-state index in [1.54, 1.807) is 6.26 Å². The van der Waals surface area contributed by atoms with Crippen LogP contribution >= 0.6 is 0 Å². The van der Waals surface area contributed by atoms with Gasteiger partial charge in [0.1, 0.15) is 12.3 Å². The minimum atomic E-state index is -0.0348. The maximum atomic E-state index is 13.3. The summed E-state index contributed by atoms with van der Waals surface area (Å²) in [6, 6.07) is 10.5. The van der Waals surface area contributed by atoms with Gasteiger partial charge in [-0.3, -0.25) is 9.69 Å². The quantitative estimate of drug-likeness (QED) is 0.362. The first kappa shape index (κ1) is 24.4. The highest BCUT2D eigenvalue weighted by molar-refractivity contribution is 5.82. The monoisotopic (exact) mass is 488 g/mol. The van der Waals surface area contributed by atoms with Crippen molar-refractivity contribution in [3.05, 3.63) is 75.2 Å². The molecule has 190 valence electrons. The molecule has 1 aliphatic rings. The molecule has 1 N–H and O–H groups in total. The van der Waals surface area contributed by atoms with E-state index in [1.165, 1.54) is 24.8 Å². The third kappa shape index (κ3) is 5.00. The fourth-order valence-electron chi connectivity index (χ4n) is 5.83. The second-order valence-corrected chi connectivity index (χ2v) is 10.6. The summed E-state index contributed by atoms with van der Waals surface area (Å²) in [7, 11) is 0. The molecular formula is C28H36N6O2. The van der Waals surface area contributed by atoms with Crippen molar-refractivity contribution in [2.24, 2.45) is 5.92 Å². The number of aromatic amines is 1. The molecule has 0 saturated heterocycles. The van der Waals surface area contributed by atoms with Crippen molar-refractivity contribution in [1.29, 1.82) is 0 Å². The van der Waals surface area contributed by atoms with Crippen LogP contribution in [0.25, 0.3) is 10.9 Å². The number of nitrogens with one attached hydrogen (secondary N) is 1. The van der Waals surface area contributed by atoms with E-state index in [0.717, 1.165) is 46.5 Å². The topological polar surface area (TPSA) is 92.8 Å². The highest BCUT2D eigenvalue weighted by Crippen LogP contribution is 2.35. The molecule has 4 aromatic rings. The van der Waals surface area contributed by atoms with Crippen LogP contribution in [-0.4, -0.2) is 36.1 Å². The Morgan fingerprint density at radius 1 is 1.17 bits per heavy atom. The van der Waals surface area contributed by atoms with Crippen molar-refractivity contribution >= 4 is 10.9 Å². The predicted octanol–water partition coefficient (Wildman–Crippen LogP) is 5.30. The summed E-state index contributed by atoms with van der Waals surface area (Å²) in [6.07, 6.45) is 7.58. The van der Waals surface area contributed by atoms with Gasteiger partial charge in [0, 0.05) is 18.2 Å². The van der Waals surface area contributed by atoms with Gasteiger partial charge in [0.05, 0.1) is 17.8 Å². The average molecular weight is 489 g/mol. The minimum absolute atomic E-state index is 0.0204. The van der Waals surface area contributed by atoms with Crippen molar-refractivity contribution in [3.63, 3.8) is 0 Å². The first-order valence-corrected chi connectivity index (χ1v) is 13.1. The Bertz CT molecular complexity index is 1360. The first-order chi connectivity index (χ1) is 17.4. The van der Waals surface area contributed by atoms with Crippen LogP contribution in [0.3, 0.4) is 0 Å². The molecular weight excluding hydrogens is 452 g/mol. The van der Waals surface area contributed by atoms with Gasteiger partial charge in [-0.05, 0) is 78.2 Å². The van der Waals surface area contributed by atoms with Gasteiger partial charge in [-0.25, -0.2) is 4.68 Å². The summed E-state index contributed by atoms with van der Waals surface area (Å²) in [4.78, 5) is 19.0. The van der Waals surface area contributed by atoms with Crippen LogP contribution in [0.1, 0.15) is 80.3 Å². The van der Waals surface area contributed by atoms with Gasteiger partial charge in [-0.1, -0.05) is 44.7 Å². The molecule has 36 heavy (non-hydrogen) atoms. The number of aryl methyl sites for hydroxylation is 2. The molecule has 0 amide bonds. The Balaban J connectivity index is 1.56. The lowest BCUT2D eigenvalue weighted by molar-refractivity contribution is 0.0610. The van der Waals surface area contributed by atoms with Crippen molar-refractivity contribution in [2.75, 3.05) is 0 Å². The van der Waals surface area contributed by atoms with Crippen LogP contribution in [-0.2, 0) is 13.1 Å². The van der Waals surface area contributed by atoms with Gasteiger partial charge in [0.15, 0.2) is 5.82 Å². The van der Waals surface area contributed by atoms with Crippen LogP contribution < -0.4 is 5.56 Å². The van der Waals surface area contributed by atoms with Gasteiger partial charge in [0.25, 0.3) is 5.56 Å². The van der Waals surface area contributed by atoms with E-state index in [1.807, 2.05) is 23.7 Å². The van der Waals surface area contributed by atoms with Gasteiger partial charge < -0.3 is 9.40 Å². The molecule has 1 aliphatic carbocycles. The molecule has 1 saturated carbocycles. The predicted molar refractivity (Wildman–Crippen MR) is 140 cm³/mol. The zero-order chi connectivity index (χ0) is 25.2. The summed E-state index contributed by atoms with van der Waals surface area (Å²) in [5.41, 5.74) is 3.97.